The molecule has 1 saturated heterocycles. The fourth-order valence-electron chi connectivity index (χ4n) is 3.09. The van der Waals surface area contributed by atoms with Crippen molar-refractivity contribution in [3.05, 3.63) is 0 Å². The molecule has 0 radical (unpaired) electrons. The highest BCUT2D eigenvalue weighted by atomic mass is 16.3. The van der Waals surface area contributed by atoms with Gasteiger partial charge in [0.05, 0.1) is 6.10 Å². The number of nitrogens with one attached hydrogen (secondary N) is 1. The minimum absolute atomic E-state index is 0.0824. The van der Waals surface area contributed by atoms with Crippen LogP contribution in [0.5, 0.6) is 0 Å². The molecule has 4 N–H and O–H groups in total. The van der Waals surface area contributed by atoms with E-state index < -0.39 is 0 Å². The van der Waals surface area contributed by atoms with Crippen molar-refractivity contribution >= 4 is 5.91 Å². The fraction of sp³-hybridized carbons (Fsp3) is 0.909. The second kappa shape index (κ2) is 4.69. The maximum absolute atomic E-state index is 11.3. The summed E-state index contributed by atoms with van der Waals surface area (Å²) in [7, 11) is 0. The molecule has 5 nitrogen and oxygen atoms in total. The molecule has 2 rings (SSSR count). The number of carbonyl (C=O) groups excluding carboxylic acids is 1. The molecule has 1 heterocycles. The Kier molecular flexibility index (Phi) is 3.47. The van der Waals surface area contributed by atoms with Gasteiger partial charge in [-0.2, -0.15) is 0 Å². The number of carbonyl (C=O) groups is 1. The smallest absolute Gasteiger partial charge is 0.237 e. The highest BCUT2D eigenvalue weighted by molar-refractivity contribution is 5.77. The molecule has 0 aromatic heterocycles. The summed E-state index contributed by atoms with van der Waals surface area (Å²) < 4.78 is 0. The average Bonchev–Trinajstić information content (AvgIpc) is 2.80. The number of aliphatic hydroxyl groups is 1. The lowest BCUT2D eigenvalue weighted by Gasteiger charge is -2.21. The number of nitrogens with two attached hydrogens (primary N) is 1. The quantitative estimate of drug-likeness (QED) is 0.339. The summed E-state index contributed by atoms with van der Waals surface area (Å²) in [6, 6.07) is 0. The van der Waals surface area contributed by atoms with E-state index in [2.05, 4.69) is 10.3 Å². The number of hydrogen-bond donors (Lipinski definition) is 3. The lowest BCUT2D eigenvalue weighted by atomic mass is 10.00. The molecule has 2 aliphatic rings. The number of hydrazine groups is 1. The second-order valence-electron chi connectivity index (χ2n) is 5.20. The molecule has 1 aliphatic heterocycles. The number of likely N-dealkylation sites (tertiary alicyclic amines) is 1. The zero-order chi connectivity index (χ0) is 11.7. The zero-order valence-corrected chi connectivity index (χ0v) is 9.72. The van der Waals surface area contributed by atoms with Gasteiger partial charge < -0.3 is 10.0 Å². The number of fused-ring (bicyclic) bond motifs is 1. The topological polar surface area (TPSA) is 78.6 Å². The van der Waals surface area contributed by atoms with Crippen molar-refractivity contribution < 1.29 is 9.90 Å². The molecule has 0 aromatic carbocycles. The van der Waals surface area contributed by atoms with Gasteiger partial charge in [0.15, 0.2) is 0 Å². The molecule has 1 amide bonds. The molecule has 0 aromatic rings. The van der Waals surface area contributed by atoms with Crippen molar-refractivity contribution in [3.63, 3.8) is 0 Å². The van der Waals surface area contributed by atoms with Crippen LogP contribution in [0.1, 0.15) is 19.8 Å². The molecular weight excluding hydrogens is 206 g/mol. The molecule has 92 valence electrons. The summed E-state index contributed by atoms with van der Waals surface area (Å²) in [5.74, 6) is 5.96. The highest BCUT2D eigenvalue weighted by Crippen LogP contribution is 2.38. The van der Waals surface area contributed by atoms with Crippen molar-refractivity contribution in [3.8, 4) is 0 Å². The van der Waals surface area contributed by atoms with Crippen LogP contribution in [-0.2, 0) is 4.79 Å². The summed E-state index contributed by atoms with van der Waals surface area (Å²) in [5, 5.41) is 9.78. The van der Waals surface area contributed by atoms with Gasteiger partial charge in [0, 0.05) is 31.5 Å². The average molecular weight is 227 g/mol. The first kappa shape index (κ1) is 11.8. The molecule has 1 aliphatic carbocycles. The van der Waals surface area contributed by atoms with Gasteiger partial charge in [0.2, 0.25) is 5.91 Å². The Labute approximate surface area is 96.0 Å². The maximum atomic E-state index is 11.3. The molecule has 16 heavy (non-hydrogen) atoms. The Morgan fingerprint density at radius 2 is 2.31 bits per heavy atom. The van der Waals surface area contributed by atoms with Gasteiger partial charge >= 0.3 is 0 Å². The molecule has 0 spiro atoms. The molecule has 1 saturated carbocycles. The van der Waals surface area contributed by atoms with Gasteiger partial charge in [-0.05, 0) is 18.8 Å². The number of hydrogen-bond acceptors (Lipinski definition) is 4. The lowest BCUT2D eigenvalue weighted by molar-refractivity contribution is -0.125. The zero-order valence-electron chi connectivity index (χ0n) is 9.72. The minimum atomic E-state index is -0.131. The van der Waals surface area contributed by atoms with Crippen molar-refractivity contribution in [2.45, 2.75) is 25.9 Å². The summed E-state index contributed by atoms with van der Waals surface area (Å²) in [6.45, 7) is 4.56. The Hall–Kier alpha value is -0.650. The Bertz CT molecular complexity index is 272. The molecule has 4 atom stereocenters. The molecule has 0 bridgehead atoms. The first-order valence-electron chi connectivity index (χ1n) is 6.02. The maximum Gasteiger partial charge on any atom is 0.237 e. The van der Waals surface area contributed by atoms with E-state index in [4.69, 9.17) is 5.84 Å². The number of aliphatic hydroxyl groups excluding tert-OH is 1. The summed E-state index contributed by atoms with van der Waals surface area (Å²) in [5.41, 5.74) is 2.18. The fourth-order valence-corrected chi connectivity index (χ4v) is 3.09. The van der Waals surface area contributed by atoms with Gasteiger partial charge in [-0.1, -0.05) is 6.92 Å². The van der Waals surface area contributed by atoms with Gasteiger partial charge in [0.25, 0.3) is 0 Å². The molecule has 4 unspecified atom stereocenters. The van der Waals surface area contributed by atoms with Crippen LogP contribution in [0.3, 0.4) is 0 Å². The van der Waals surface area contributed by atoms with E-state index in [1.165, 1.54) is 0 Å². The van der Waals surface area contributed by atoms with Crippen LogP contribution in [0.2, 0.25) is 0 Å². The van der Waals surface area contributed by atoms with Crippen LogP contribution in [0.25, 0.3) is 0 Å². The normalized spacial score (nSPS) is 36.1. The van der Waals surface area contributed by atoms with Gasteiger partial charge in [-0.15, -0.1) is 0 Å². The Morgan fingerprint density at radius 3 is 2.94 bits per heavy atom. The predicted molar refractivity (Wildman–Crippen MR) is 60.2 cm³/mol. The van der Waals surface area contributed by atoms with Crippen LogP contribution in [0, 0.1) is 17.8 Å². The van der Waals surface area contributed by atoms with Crippen LogP contribution in [0.15, 0.2) is 0 Å². The van der Waals surface area contributed by atoms with E-state index in [0.29, 0.717) is 11.8 Å². The SMILES string of the molecule is CC(CN1CC2CCC(O)C2C1)C(=O)NN. The third-order valence-corrected chi connectivity index (χ3v) is 4.02. The lowest BCUT2D eigenvalue weighted by Crippen LogP contribution is -2.40. The predicted octanol–water partition coefficient (Wildman–Crippen LogP) is -0.685. The number of rotatable bonds is 3. The van der Waals surface area contributed by atoms with Crippen LogP contribution in [0.4, 0.5) is 0 Å². The first-order chi connectivity index (χ1) is 7.61. The van der Waals surface area contributed by atoms with Crippen molar-refractivity contribution in [2.24, 2.45) is 23.6 Å². The molecule has 5 heteroatoms. The highest BCUT2D eigenvalue weighted by Gasteiger charge is 2.42. The standard InChI is InChI=1S/C11H21N3O2/c1-7(11(16)13-12)4-14-5-8-2-3-10(15)9(8)6-14/h7-10,15H,2-6,12H2,1H3,(H,13,16). The van der Waals surface area contributed by atoms with Crippen molar-refractivity contribution in [1.29, 1.82) is 0 Å². The summed E-state index contributed by atoms with van der Waals surface area (Å²) in [4.78, 5) is 13.6. The number of nitrogens with zero attached hydrogens (tertiary/aromatic N) is 1. The summed E-state index contributed by atoms with van der Waals surface area (Å²) in [6.07, 6.45) is 1.94. The van der Waals surface area contributed by atoms with Crippen molar-refractivity contribution in [1.82, 2.24) is 10.3 Å². The number of amides is 1. The van der Waals surface area contributed by atoms with E-state index in [1.807, 2.05) is 6.92 Å². The van der Waals surface area contributed by atoms with E-state index >= 15 is 0 Å². The van der Waals surface area contributed by atoms with Crippen LogP contribution < -0.4 is 11.3 Å². The van der Waals surface area contributed by atoms with Gasteiger partial charge in [-0.3, -0.25) is 10.2 Å². The Morgan fingerprint density at radius 1 is 1.56 bits per heavy atom. The van der Waals surface area contributed by atoms with Crippen LogP contribution in [-0.4, -0.2) is 41.7 Å². The Balaban J connectivity index is 1.83. The monoisotopic (exact) mass is 227 g/mol. The molecule has 2 fully saturated rings. The first-order valence-corrected chi connectivity index (χ1v) is 6.02. The minimum Gasteiger partial charge on any atom is -0.393 e. The third-order valence-electron chi connectivity index (χ3n) is 4.02. The van der Waals surface area contributed by atoms with E-state index in [1.54, 1.807) is 0 Å². The second-order valence-corrected chi connectivity index (χ2v) is 5.20. The van der Waals surface area contributed by atoms with Gasteiger partial charge in [-0.25, -0.2) is 5.84 Å². The van der Waals surface area contributed by atoms with Gasteiger partial charge in [0.1, 0.15) is 0 Å². The summed E-state index contributed by atoms with van der Waals surface area (Å²) >= 11 is 0. The van der Waals surface area contributed by atoms with E-state index in [9.17, 15) is 9.90 Å². The van der Waals surface area contributed by atoms with E-state index in [0.717, 1.165) is 32.5 Å². The third kappa shape index (κ3) is 2.21. The largest absolute Gasteiger partial charge is 0.393 e. The van der Waals surface area contributed by atoms with E-state index in [-0.39, 0.29) is 17.9 Å². The molecular formula is C11H21N3O2. The van der Waals surface area contributed by atoms with Crippen LogP contribution >= 0.6 is 0 Å². The van der Waals surface area contributed by atoms with Crippen molar-refractivity contribution in [2.75, 3.05) is 19.6 Å².